The molecule has 2 aromatic carbocycles. The number of carbonyl (C=O) groups excluding carboxylic acids is 2. The summed E-state index contributed by atoms with van der Waals surface area (Å²) in [5.74, 6) is -1.12. The van der Waals surface area contributed by atoms with Crippen molar-refractivity contribution in [2.24, 2.45) is 4.99 Å². The number of nitrogens with zero attached hydrogens (tertiary/aromatic N) is 3. The van der Waals surface area contributed by atoms with Crippen molar-refractivity contribution in [2.75, 3.05) is 20.2 Å². The van der Waals surface area contributed by atoms with E-state index in [9.17, 15) is 18.0 Å². The zero-order valence-electron chi connectivity index (χ0n) is 18.9. The smallest absolute Gasteiger partial charge is 0.325 e. The highest BCUT2D eigenvalue weighted by Crippen LogP contribution is 2.30. The molecule has 1 saturated heterocycles. The van der Waals surface area contributed by atoms with Crippen molar-refractivity contribution < 1.29 is 22.7 Å². The lowest BCUT2D eigenvalue weighted by atomic mass is 10.2. The van der Waals surface area contributed by atoms with Crippen LogP contribution in [0, 0.1) is 0 Å². The highest BCUT2D eigenvalue weighted by Gasteiger charge is 2.25. The number of esters is 1. The minimum atomic E-state index is -3.63. The molecule has 0 N–H and O–H groups in total. The lowest BCUT2D eigenvalue weighted by Gasteiger charge is -2.19. The minimum Gasteiger partial charge on any atom is -0.468 e. The van der Waals surface area contributed by atoms with Crippen LogP contribution in [-0.4, -0.2) is 49.4 Å². The van der Waals surface area contributed by atoms with Gasteiger partial charge in [-0.1, -0.05) is 47.4 Å². The highest BCUT2D eigenvalue weighted by atomic mass is 35.5. The molecule has 1 aliphatic rings. The number of methoxy groups -OCH3 is 1. The molecule has 0 spiro atoms. The van der Waals surface area contributed by atoms with E-state index in [1.807, 2.05) is 0 Å². The van der Waals surface area contributed by atoms with Crippen LogP contribution in [0.15, 0.2) is 46.3 Å². The molecule has 0 atom stereocenters. The van der Waals surface area contributed by atoms with Gasteiger partial charge in [-0.05, 0) is 49.2 Å². The molecular weight excluding hydrogens is 533 g/mol. The number of halogens is 2. The van der Waals surface area contributed by atoms with Crippen LogP contribution in [0.25, 0.3) is 10.2 Å². The standard InChI is InChI=1S/C23H23Cl2N3O5S2/c1-33-20(29)14-28-21-18(25)12-16(24)13-19(21)34-23(28)26-22(30)15-6-8-17(9-7-15)35(31,32)27-10-4-2-3-5-11-27/h6-9,12-13H,2-5,10-11,14H2,1H3. The third-order valence-electron chi connectivity index (χ3n) is 5.71. The summed E-state index contributed by atoms with van der Waals surface area (Å²) in [7, 11) is -2.36. The molecule has 1 amide bonds. The van der Waals surface area contributed by atoms with Crippen molar-refractivity contribution in [3.63, 3.8) is 0 Å². The van der Waals surface area contributed by atoms with E-state index in [0.717, 1.165) is 37.0 Å². The molecule has 35 heavy (non-hydrogen) atoms. The van der Waals surface area contributed by atoms with Crippen LogP contribution in [0.3, 0.4) is 0 Å². The summed E-state index contributed by atoms with van der Waals surface area (Å²) >= 11 is 13.6. The topological polar surface area (TPSA) is 98.0 Å². The molecule has 0 bridgehead atoms. The first-order valence-electron chi connectivity index (χ1n) is 10.9. The normalized spacial score (nSPS) is 15.8. The summed E-state index contributed by atoms with van der Waals surface area (Å²) in [6.45, 7) is 0.797. The third kappa shape index (κ3) is 5.62. The Morgan fingerprint density at radius 1 is 1.06 bits per heavy atom. The molecule has 1 fully saturated rings. The fourth-order valence-electron chi connectivity index (χ4n) is 3.91. The molecule has 3 aromatic rings. The van der Waals surface area contributed by atoms with Gasteiger partial charge in [0.1, 0.15) is 6.54 Å². The SMILES string of the molecule is COC(=O)Cn1c(=NC(=O)c2ccc(S(=O)(=O)N3CCCCCC3)cc2)sc2cc(Cl)cc(Cl)c21. The first-order chi connectivity index (χ1) is 16.7. The average molecular weight is 556 g/mol. The van der Waals surface area contributed by atoms with Crippen molar-refractivity contribution in [1.29, 1.82) is 0 Å². The second kappa shape index (κ2) is 10.8. The Balaban J connectivity index is 1.68. The Kier molecular flexibility index (Phi) is 7.97. The number of benzene rings is 2. The van der Waals surface area contributed by atoms with Gasteiger partial charge in [0.2, 0.25) is 10.0 Å². The van der Waals surface area contributed by atoms with Crippen LogP contribution < -0.4 is 4.80 Å². The summed E-state index contributed by atoms with van der Waals surface area (Å²) in [6.07, 6.45) is 3.72. The maximum Gasteiger partial charge on any atom is 0.325 e. The van der Waals surface area contributed by atoms with Gasteiger partial charge in [0.05, 0.1) is 27.2 Å². The summed E-state index contributed by atoms with van der Waals surface area (Å²) in [5, 5.41) is 0.720. The Morgan fingerprint density at radius 3 is 2.34 bits per heavy atom. The highest BCUT2D eigenvalue weighted by molar-refractivity contribution is 7.89. The second-order valence-corrected chi connectivity index (χ2v) is 11.8. The zero-order chi connectivity index (χ0) is 25.2. The van der Waals surface area contributed by atoms with Crippen molar-refractivity contribution in [2.45, 2.75) is 37.1 Å². The molecule has 8 nitrogen and oxygen atoms in total. The molecule has 0 radical (unpaired) electrons. The van der Waals surface area contributed by atoms with Crippen molar-refractivity contribution in [3.8, 4) is 0 Å². The average Bonchev–Trinajstić information content (AvgIpc) is 3.00. The van der Waals surface area contributed by atoms with Gasteiger partial charge in [0, 0.05) is 23.7 Å². The molecule has 1 aromatic heterocycles. The Labute approximate surface area is 216 Å². The van der Waals surface area contributed by atoms with Gasteiger partial charge >= 0.3 is 5.97 Å². The van der Waals surface area contributed by atoms with E-state index in [4.69, 9.17) is 27.9 Å². The number of aromatic nitrogens is 1. The molecule has 4 rings (SSSR count). The van der Waals surface area contributed by atoms with Gasteiger partial charge in [-0.25, -0.2) is 8.42 Å². The van der Waals surface area contributed by atoms with E-state index in [1.165, 1.54) is 40.2 Å². The van der Waals surface area contributed by atoms with Gasteiger partial charge in [-0.15, -0.1) is 0 Å². The van der Waals surface area contributed by atoms with E-state index in [2.05, 4.69) is 4.99 Å². The predicted molar refractivity (Wildman–Crippen MR) is 135 cm³/mol. The Hall–Kier alpha value is -2.24. The predicted octanol–water partition coefficient (Wildman–Crippen LogP) is 4.49. The number of sulfonamides is 1. The first kappa shape index (κ1) is 25.8. The number of rotatable bonds is 5. The van der Waals surface area contributed by atoms with Crippen LogP contribution in [0.5, 0.6) is 0 Å². The maximum atomic E-state index is 13.0. The molecule has 12 heteroatoms. The fourth-order valence-corrected chi connectivity index (χ4v) is 7.23. The zero-order valence-corrected chi connectivity index (χ0v) is 22.0. The lowest BCUT2D eigenvalue weighted by Crippen LogP contribution is -2.31. The molecule has 2 heterocycles. The van der Waals surface area contributed by atoms with Gasteiger partial charge in [0.15, 0.2) is 4.80 Å². The summed E-state index contributed by atoms with van der Waals surface area (Å²) in [6, 6.07) is 8.95. The van der Waals surface area contributed by atoms with Crippen LogP contribution in [0.1, 0.15) is 36.0 Å². The largest absolute Gasteiger partial charge is 0.468 e. The van der Waals surface area contributed by atoms with Crippen molar-refractivity contribution >= 4 is 66.7 Å². The monoisotopic (exact) mass is 555 g/mol. The number of carbonyl (C=O) groups is 2. The fraction of sp³-hybridized carbons (Fsp3) is 0.348. The van der Waals surface area contributed by atoms with Gasteiger partial charge < -0.3 is 9.30 Å². The summed E-state index contributed by atoms with van der Waals surface area (Å²) in [5.41, 5.74) is 0.725. The van der Waals surface area contributed by atoms with E-state index in [0.29, 0.717) is 33.4 Å². The van der Waals surface area contributed by atoms with Crippen LogP contribution in [0.2, 0.25) is 10.0 Å². The third-order valence-corrected chi connectivity index (χ3v) is 9.16. The number of hydrogen-bond donors (Lipinski definition) is 0. The number of thiazole rings is 1. The first-order valence-corrected chi connectivity index (χ1v) is 14.0. The van der Waals surface area contributed by atoms with Crippen molar-refractivity contribution in [1.82, 2.24) is 8.87 Å². The van der Waals surface area contributed by atoms with Gasteiger partial charge in [-0.3, -0.25) is 9.59 Å². The second-order valence-electron chi connectivity index (χ2n) is 8.04. The number of hydrogen-bond acceptors (Lipinski definition) is 6. The van der Waals surface area contributed by atoms with Crippen LogP contribution in [-0.2, 0) is 26.1 Å². The molecule has 0 aliphatic carbocycles. The van der Waals surface area contributed by atoms with Crippen LogP contribution >= 0.6 is 34.5 Å². The van der Waals surface area contributed by atoms with E-state index in [1.54, 1.807) is 12.1 Å². The lowest BCUT2D eigenvalue weighted by molar-refractivity contribution is -0.141. The molecule has 186 valence electrons. The van der Waals surface area contributed by atoms with E-state index < -0.39 is 21.9 Å². The van der Waals surface area contributed by atoms with E-state index in [-0.39, 0.29) is 21.8 Å². The van der Waals surface area contributed by atoms with Gasteiger partial charge in [-0.2, -0.15) is 9.30 Å². The maximum absolute atomic E-state index is 13.0. The Bertz CT molecular complexity index is 1440. The summed E-state index contributed by atoms with van der Waals surface area (Å²) in [4.78, 5) is 29.5. The quantitative estimate of drug-likeness (QED) is 0.432. The molecule has 0 unspecified atom stereocenters. The van der Waals surface area contributed by atoms with Crippen molar-refractivity contribution in [3.05, 3.63) is 56.8 Å². The number of amides is 1. The Morgan fingerprint density at radius 2 is 1.71 bits per heavy atom. The van der Waals surface area contributed by atoms with Crippen LogP contribution in [0.4, 0.5) is 0 Å². The minimum absolute atomic E-state index is 0.139. The van der Waals surface area contributed by atoms with E-state index >= 15 is 0 Å². The molecular formula is C23H23Cl2N3O5S2. The molecule has 0 saturated carbocycles. The number of fused-ring (bicyclic) bond motifs is 1. The van der Waals surface area contributed by atoms with Gasteiger partial charge in [0.25, 0.3) is 5.91 Å². The summed E-state index contributed by atoms with van der Waals surface area (Å²) < 4.78 is 34.4. The number of ether oxygens (including phenoxy) is 1. The molecule has 1 aliphatic heterocycles.